The molecule has 1 N–H and O–H groups in total. The van der Waals surface area contributed by atoms with Crippen LogP contribution >= 0.6 is 11.6 Å². The van der Waals surface area contributed by atoms with Crippen molar-refractivity contribution in [3.8, 4) is 5.75 Å². The number of carbonyl (C=O) groups excluding carboxylic acids is 1. The second kappa shape index (κ2) is 6.70. The molecule has 7 heteroatoms. The lowest BCUT2D eigenvalue weighted by molar-refractivity contribution is -0.153. The zero-order chi connectivity index (χ0) is 16.2. The molecule has 0 radical (unpaired) electrons. The Kier molecular flexibility index (Phi) is 4.92. The van der Waals surface area contributed by atoms with Crippen LogP contribution in [-0.2, 0) is 0 Å². The molecule has 0 aliphatic carbocycles. The minimum absolute atomic E-state index is 0.0711. The number of rotatable bonds is 4. The van der Waals surface area contributed by atoms with E-state index in [1.54, 1.807) is 24.3 Å². The largest absolute Gasteiger partial charge is 0.484 e. The molecular weight excluding hydrogens is 319 g/mol. The number of carbonyl (C=O) groups is 1. The molecule has 0 saturated heterocycles. The summed E-state index contributed by atoms with van der Waals surface area (Å²) < 4.78 is 40.6. The molecule has 116 valence electrons. The fourth-order valence-corrected chi connectivity index (χ4v) is 1.73. The molecule has 0 fully saturated rings. The molecule has 2 aromatic carbocycles. The topological polar surface area (TPSA) is 38.3 Å². The van der Waals surface area contributed by atoms with Gasteiger partial charge in [-0.05, 0) is 48.5 Å². The zero-order valence-electron chi connectivity index (χ0n) is 11.2. The van der Waals surface area contributed by atoms with E-state index in [0.717, 1.165) is 0 Å². The summed E-state index contributed by atoms with van der Waals surface area (Å²) in [7, 11) is 0. The molecule has 0 bridgehead atoms. The van der Waals surface area contributed by atoms with Crippen molar-refractivity contribution in [1.29, 1.82) is 0 Å². The van der Waals surface area contributed by atoms with Crippen LogP contribution in [0.3, 0.4) is 0 Å². The summed E-state index contributed by atoms with van der Waals surface area (Å²) >= 11 is 5.73. The van der Waals surface area contributed by atoms with Crippen LogP contribution in [0, 0.1) is 0 Å². The highest BCUT2D eigenvalue weighted by Gasteiger charge is 2.28. The second-order valence-electron chi connectivity index (χ2n) is 4.39. The molecule has 0 spiro atoms. The summed E-state index contributed by atoms with van der Waals surface area (Å²) in [5.74, 6) is -0.276. The van der Waals surface area contributed by atoms with Crippen molar-refractivity contribution in [2.45, 2.75) is 6.18 Å². The molecule has 0 aromatic heterocycles. The number of alkyl halides is 3. The van der Waals surface area contributed by atoms with Crippen molar-refractivity contribution in [3.05, 3.63) is 59.1 Å². The number of anilines is 1. The Labute approximate surface area is 129 Å². The second-order valence-corrected chi connectivity index (χ2v) is 4.83. The Balaban J connectivity index is 1.96. The average Bonchev–Trinajstić information content (AvgIpc) is 2.46. The Morgan fingerprint density at radius 1 is 1.05 bits per heavy atom. The van der Waals surface area contributed by atoms with Crippen molar-refractivity contribution in [1.82, 2.24) is 0 Å². The maximum absolute atomic E-state index is 12.0. The number of amides is 1. The molecule has 3 nitrogen and oxygen atoms in total. The molecule has 0 aliphatic rings. The molecule has 22 heavy (non-hydrogen) atoms. The Hall–Kier alpha value is -2.21. The average molecular weight is 330 g/mol. The normalized spacial score (nSPS) is 11.1. The highest BCUT2D eigenvalue weighted by Crippen LogP contribution is 2.20. The number of hydrogen-bond donors (Lipinski definition) is 1. The fourth-order valence-electron chi connectivity index (χ4n) is 1.60. The van der Waals surface area contributed by atoms with E-state index in [2.05, 4.69) is 10.1 Å². The smallest absolute Gasteiger partial charge is 0.422 e. The van der Waals surface area contributed by atoms with E-state index in [0.29, 0.717) is 16.3 Å². The van der Waals surface area contributed by atoms with Gasteiger partial charge in [0.2, 0.25) is 0 Å². The lowest BCUT2D eigenvalue weighted by Gasteiger charge is -2.10. The van der Waals surface area contributed by atoms with Crippen molar-refractivity contribution < 1.29 is 22.7 Å². The third kappa shape index (κ3) is 4.96. The summed E-state index contributed by atoms with van der Waals surface area (Å²) in [5, 5.41) is 3.13. The van der Waals surface area contributed by atoms with Crippen LogP contribution < -0.4 is 10.1 Å². The number of ether oxygens (including phenoxy) is 1. The van der Waals surface area contributed by atoms with Gasteiger partial charge in [0.1, 0.15) is 5.75 Å². The van der Waals surface area contributed by atoms with E-state index < -0.39 is 12.8 Å². The van der Waals surface area contributed by atoms with Gasteiger partial charge in [-0.2, -0.15) is 13.2 Å². The quantitative estimate of drug-likeness (QED) is 0.894. The summed E-state index contributed by atoms with van der Waals surface area (Å²) in [6.45, 7) is -1.36. The number of benzene rings is 2. The van der Waals surface area contributed by atoms with Gasteiger partial charge in [-0.1, -0.05) is 11.6 Å². The van der Waals surface area contributed by atoms with Crippen molar-refractivity contribution in [2.24, 2.45) is 0 Å². The first-order valence-corrected chi connectivity index (χ1v) is 6.58. The van der Waals surface area contributed by atoms with E-state index in [1.807, 2.05) is 0 Å². The predicted molar refractivity (Wildman–Crippen MR) is 77.4 cm³/mol. The summed E-state index contributed by atoms with van der Waals surface area (Å²) in [6.07, 6.45) is -4.39. The molecule has 2 rings (SSSR count). The van der Waals surface area contributed by atoms with E-state index in [9.17, 15) is 18.0 Å². The maximum atomic E-state index is 12.0. The van der Waals surface area contributed by atoms with Crippen LogP contribution in [0.4, 0.5) is 18.9 Å². The fraction of sp³-hybridized carbons (Fsp3) is 0.133. The van der Waals surface area contributed by atoms with Crippen LogP contribution in [0.15, 0.2) is 48.5 Å². The third-order valence-electron chi connectivity index (χ3n) is 2.62. The van der Waals surface area contributed by atoms with E-state index in [1.165, 1.54) is 24.3 Å². The molecule has 0 atom stereocenters. The molecule has 0 aliphatic heterocycles. The van der Waals surface area contributed by atoms with Crippen LogP contribution in [0.2, 0.25) is 5.02 Å². The molecule has 2 aromatic rings. The summed E-state index contributed by atoms with van der Waals surface area (Å²) in [6, 6.07) is 11.9. The van der Waals surface area contributed by atoms with Gasteiger partial charge >= 0.3 is 6.18 Å². The predicted octanol–water partition coefficient (Wildman–Crippen LogP) is 4.53. The minimum atomic E-state index is -4.39. The highest BCUT2D eigenvalue weighted by molar-refractivity contribution is 6.30. The highest BCUT2D eigenvalue weighted by atomic mass is 35.5. The van der Waals surface area contributed by atoms with Crippen LogP contribution in [-0.4, -0.2) is 18.7 Å². The number of hydrogen-bond acceptors (Lipinski definition) is 2. The zero-order valence-corrected chi connectivity index (χ0v) is 11.9. The van der Waals surface area contributed by atoms with Crippen LogP contribution in [0.25, 0.3) is 0 Å². The Bertz CT molecular complexity index is 639. The Morgan fingerprint density at radius 3 is 2.18 bits per heavy atom. The third-order valence-corrected chi connectivity index (χ3v) is 2.87. The Morgan fingerprint density at radius 2 is 1.64 bits per heavy atom. The summed E-state index contributed by atoms with van der Waals surface area (Å²) in [5.41, 5.74) is 0.862. The lowest BCUT2D eigenvalue weighted by atomic mass is 10.2. The molecule has 0 unspecified atom stereocenters. The van der Waals surface area contributed by atoms with Gasteiger partial charge in [-0.15, -0.1) is 0 Å². The van der Waals surface area contributed by atoms with Crippen LogP contribution in [0.1, 0.15) is 10.4 Å². The van der Waals surface area contributed by atoms with Gasteiger partial charge < -0.3 is 10.1 Å². The first-order valence-electron chi connectivity index (χ1n) is 6.20. The molecule has 0 heterocycles. The van der Waals surface area contributed by atoms with Gasteiger partial charge in [0.15, 0.2) is 6.61 Å². The van der Waals surface area contributed by atoms with Gasteiger partial charge in [-0.3, -0.25) is 4.79 Å². The minimum Gasteiger partial charge on any atom is -0.484 e. The van der Waals surface area contributed by atoms with Crippen molar-refractivity contribution in [2.75, 3.05) is 11.9 Å². The molecular formula is C15H11ClF3NO2. The SMILES string of the molecule is O=C(Nc1ccc(OCC(F)(F)F)cc1)c1ccc(Cl)cc1. The first-order chi connectivity index (χ1) is 10.3. The van der Waals surface area contributed by atoms with E-state index in [4.69, 9.17) is 11.6 Å². The van der Waals surface area contributed by atoms with Crippen molar-refractivity contribution >= 4 is 23.2 Å². The van der Waals surface area contributed by atoms with E-state index >= 15 is 0 Å². The molecule has 0 saturated carbocycles. The van der Waals surface area contributed by atoms with Gasteiger partial charge in [0, 0.05) is 16.3 Å². The first kappa shape index (κ1) is 16.2. The van der Waals surface area contributed by atoms with Gasteiger partial charge in [-0.25, -0.2) is 0 Å². The lowest BCUT2D eigenvalue weighted by Crippen LogP contribution is -2.19. The van der Waals surface area contributed by atoms with Crippen molar-refractivity contribution in [3.63, 3.8) is 0 Å². The standard InChI is InChI=1S/C15H11ClF3NO2/c16-11-3-1-10(2-4-11)14(21)20-12-5-7-13(8-6-12)22-9-15(17,18)19/h1-8H,9H2,(H,20,21). The molecule has 1 amide bonds. The maximum Gasteiger partial charge on any atom is 0.422 e. The van der Waals surface area contributed by atoms with Gasteiger partial charge in [0.25, 0.3) is 5.91 Å². The number of halogens is 4. The summed E-state index contributed by atoms with van der Waals surface area (Å²) in [4.78, 5) is 11.9. The van der Waals surface area contributed by atoms with E-state index in [-0.39, 0.29) is 11.7 Å². The number of nitrogens with one attached hydrogen (secondary N) is 1. The van der Waals surface area contributed by atoms with Crippen LogP contribution in [0.5, 0.6) is 5.75 Å². The monoisotopic (exact) mass is 329 g/mol. The van der Waals surface area contributed by atoms with Gasteiger partial charge in [0.05, 0.1) is 0 Å².